The maximum atomic E-state index is 11.4. The molecule has 0 aliphatic carbocycles. The van der Waals surface area contributed by atoms with Gasteiger partial charge in [0.25, 0.3) is 0 Å². The van der Waals surface area contributed by atoms with E-state index >= 15 is 0 Å². The van der Waals surface area contributed by atoms with Gasteiger partial charge in [0.2, 0.25) is 0 Å². The van der Waals surface area contributed by atoms with Crippen LogP contribution in [0.15, 0.2) is 11.8 Å². The van der Waals surface area contributed by atoms with E-state index in [-0.39, 0.29) is 5.70 Å². The number of rotatable bonds is 1. The van der Waals surface area contributed by atoms with Gasteiger partial charge in [-0.3, -0.25) is 5.21 Å². The number of hydrogen-bond donors (Lipinski definition) is 1. The van der Waals surface area contributed by atoms with Crippen LogP contribution in [0.3, 0.4) is 0 Å². The standard InChI is InChI=1S/C9H15NO3/c1-9(2,3)13-8(11)7-5-4-6-10(7)12/h5,12H,4,6H2,1-3H3. The third kappa shape index (κ3) is 2.73. The number of ether oxygens (including phenoxy) is 1. The van der Waals surface area contributed by atoms with Gasteiger partial charge < -0.3 is 4.74 Å². The van der Waals surface area contributed by atoms with Crippen LogP contribution in [0.2, 0.25) is 0 Å². The third-order valence-electron chi connectivity index (χ3n) is 1.56. The molecule has 0 amide bonds. The minimum absolute atomic E-state index is 0.245. The first kappa shape index (κ1) is 10.1. The van der Waals surface area contributed by atoms with Gasteiger partial charge in [-0.1, -0.05) is 0 Å². The molecule has 0 aromatic heterocycles. The molecular weight excluding hydrogens is 170 g/mol. The van der Waals surface area contributed by atoms with Gasteiger partial charge in [-0.2, -0.15) is 0 Å². The molecule has 0 spiro atoms. The molecule has 1 aliphatic heterocycles. The molecule has 1 heterocycles. The normalized spacial score (nSPS) is 17.2. The molecule has 4 nitrogen and oxygen atoms in total. The summed E-state index contributed by atoms with van der Waals surface area (Å²) in [5, 5.41) is 10.1. The molecule has 0 unspecified atom stereocenters. The van der Waals surface area contributed by atoms with Crippen molar-refractivity contribution in [1.29, 1.82) is 0 Å². The number of carbonyl (C=O) groups excluding carboxylic acids is 1. The molecule has 1 rings (SSSR count). The van der Waals surface area contributed by atoms with Crippen LogP contribution < -0.4 is 0 Å². The lowest BCUT2D eigenvalue weighted by Crippen LogP contribution is -2.29. The quantitative estimate of drug-likeness (QED) is 0.626. The molecule has 1 N–H and O–H groups in total. The molecule has 0 aromatic carbocycles. The highest BCUT2D eigenvalue weighted by molar-refractivity contribution is 5.88. The Morgan fingerprint density at radius 3 is 2.62 bits per heavy atom. The molecule has 0 fully saturated rings. The van der Waals surface area contributed by atoms with Gasteiger partial charge in [0, 0.05) is 6.54 Å². The SMILES string of the molecule is CC(C)(C)OC(=O)C1=CCCN1O. The van der Waals surface area contributed by atoms with Crippen LogP contribution in [0.25, 0.3) is 0 Å². The van der Waals surface area contributed by atoms with Crippen LogP contribution in [-0.2, 0) is 9.53 Å². The predicted molar refractivity (Wildman–Crippen MR) is 47.0 cm³/mol. The summed E-state index contributed by atoms with van der Waals surface area (Å²) in [6, 6.07) is 0. The number of carbonyl (C=O) groups is 1. The Bertz CT molecular complexity index is 240. The monoisotopic (exact) mass is 185 g/mol. The van der Waals surface area contributed by atoms with Gasteiger partial charge in [-0.15, -0.1) is 0 Å². The Kier molecular flexibility index (Phi) is 2.61. The van der Waals surface area contributed by atoms with E-state index in [2.05, 4.69) is 0 Å². The summed E-state index contributed by atoms with van der Waals surface area (Å²) in [5.74, 6) is -0.465. The van der Waals surface area contributed by atoms with Crippen molar-refractivity contribution in [2.75, 3.05) is 6.54 Å². The highest BCUT2D eigenvalue weighted by atomic mass is 16.6. The molecular formula is C9H15NO3. The van der Waals surface area contributed by atoms with Crippen LogP contribution in [0, 0.1) is 0 Å². The predicted octanol–water partition coefficient (Wildman–Crippen LogP) is 1.31. The molecule has 0 saturated carbocycles. The van der Waals surface area contributed by atoms with Crippen molar-refractivity contribution in [3.63, 3.8) is 0 Å². The lowest BCUT2D eigenvalue weighted by molar-refractivity contribution is -0.157. The third-order valence-corrected chi connectivity index (χ3v) is 1.56. The lowest BCUT2D eigenvalue weighted by atomic mass is 10.2. The lowest BCUT2D eigenvalue weighted by Gasteiger charge is -2.21. The number of nitrogens with zero attached hydrogens (tertiary/aromatic N) is 1. The summed E-state index contributed by atoms with van der Waals surface area (Å²) in [6.07, 6.45) is 2.36. The first-order valence-electron chi connectivity index (χ1n) is 4.30. The van der Waals surface area contributed by atoms with Crippen molar-refractivity contribution in [1.82, 2.24) is 5.06 Å². The van der Waals surface area contributed by atoms with Crippen molar-refractivity contribution in [3.05, 3.63) is 11.8 Å². The van der Waals surface area contributed by atoms with Crippen LogP contribution in [0.5, 0.6) is 0 Å². The second kappa shape index (κ2) is 3.38. The van der Waals surface area contributed by atoms with Crippen LogP contribution in [-0.4, -0.2) is 28.4 Å². The first-order valence-corrected chi connectivity index (χ1v) is 4.30. The smallest absolute Gasteiger partial charge is 0.357 e. The Balaban J connectivity index is 2.58. The van der Waals surface area contributed by atoms with Gasteiger partial charge in [-0.25, -0.2) is 9.86 Å². The average molecular weight is 185 g/mol. The molecule has 0 bridgehead atoms. The van der Waals surface area contributed by atoms with Gasteiger partial charge in [0.1, 0.15) is 11.3 Å². The molecule has 0 aromatic rings. The van der Waals surface area contributed by atoms with Crippen molar-refractivity contribution < 1.29 is 14.7 Å². The van der Waals surface area contributed by atoms with Gasteiger partial charge in [0.05, 0.1) is 0 Å². The maximum absolute atomic E-state index is 11.4. The second-order valence-corrected chi connectivity index (χ2v) is 4.00. The molecule has 1 aliphatic rings. The summed E-state index contributed by atoms with van der Waals surface area (Å²) >= 11 is 0. The average Bonchev–Trinajstić information content (AvgIpc) is 2.30. The zero-order valence-electron chi connectivity index (χ0n) is 8.20. The van der Waals surface area contributed by atoms with Crippen LogP contribution in [0.1, 0.15) is 27.2 Å². The van der Waals surface area contributed by atoms with E-state index in [0.29, 0.717) is 13.0 Å². The van der Waals surface area contributed by atoms with Crippen LogP contribution in [0.4, 0.5) is 0 Å². The molecule has 4 heteroatoms. The van der Waals surface area contributed by atoms with E-state index in [1.54, 1.807) is 26.8 Å². The van der Waals surface area contributed by atoms with E-state index in [0.717, 1.165) is 5.06 Å². The van der Waals surface area contributed by atoms with Gasteiger partial charge in [-0.05, 0) is 33.3 Å². The van der Waals surface area contributed by atoms with Crippen molar-refractivity contribution in [3.8, 4) is 0 Å². The molecule has 0 saturated heterocycles. The molecule has 0 atom stereocenters. The maximum Gasteiger partial charge on any atom is 0.357 e. The fourth-order valence-electron chi connectivity index (χ4n) is 1.07. The minimum Gasteiger partial charge on any atom is -0.455 e. The highest BCUT2D eigenvalue weighted by Gasteiger charge is 2.25. The zero-order chi connectivity index (χ0) is 10.1. The fraction of sp³-hybridized carbons (Fsp3) is 0.667. The minimum atomic E-state index is -0.513. The Hall–Kier alpha value is -1.03. The number of hydrogen-bond acceptors (Lipinski definition) is 4. The summed E-state index contributed by atoms with van der Waals surface area (Å²) in [5.41, 5.74) is -0.267. The van der Waals surface area contributed by atoms with Crippen molar-refractivity contribution in [2.24, 2.45) is 0 Å². The summed E-state index contributed by atoms with van der Waals surface area (Å²) in [7, 11) is 0. The van der Waals surface area contributed by atoms with Crippen LogP contribution >= 0.6 is 0 Å². The Morgan fingerprint density at radius 1 is 1.62 bits per heavy atom. The van der Waals surface area contributed by atoms with E-state index in [9.17, 15) is 10.0 Å². The molecule has 0 radical (unpaired) electrons. The zero-order valence-corrected chi connectivity index (χ0v) is 8.20. The number of hydroxylamine groups is 2. The topological polar surface area (TPSA) is 49.8 Å². The Labute approximate surface area is 77.7 Å². The van der Waals surface area contributed by atoms with E-state index in [1.807, 2.05) is 0 Å². The van der Waals surface area contributed by atoms with Crippen molar-refractivity contribution in [2.45, 2.75) is 32.8 Å². The fourth-order valence-corrected chi connectivity index (χ4v) is 1.07. The van der Waals surface area contributed by atoms with E-state index in [1.165, 1.54) is 0 Å². The summed E-state index contributed by atoms with van der Waals surface area (Å²) in [4.78, 5) is 11.4. The molecule has 74 valence electrons. The number of esters is 1. The largest absolute Gasteiger partial charge is 0.455 e. The van der Waals surface area contributed by atoms with E-state index in [4.69, 9.17) is 4.74 Å². The molecule has 13 heavy (non-hydrogen) atoms. The highest BCUT2D eigenvalue weighted by Crippen LogP contribution is 2.17. The Morgan fingerprint density at radius 2 is 2.23 bits per heavy atom. The summed E-state index contributed by atoms with van der Waals surface area (Å²) < 4.78 is 5.08. The van der Waals surface area contributed by atoms with Gasteiger partial charge >= 0.3 is 5.97 Å². The van der Waals surface area contributed by atoms with E-state index < -0.39 is 11.6 Å². The second-order valence-electron chi connectivity index (χ2n) is 4.00. The summed E-state index contributed by atoms with van der Waals surface area (Å²) in [6.45, 7) is 5.85. The first-order chi connectivity index (χ1) is 5.90. The van der Waals surface area contributed by atoms with Crippen molar-refractivity contribution >= 4 is 5.97 Å². The van der Waals surface area contributed by atoms with Gasteiger partial charge in [0.15, 0.2) is 0 Å².